The van der Waals surface area contributed by atoms with E-state index in [1.807, 2.05) is 50.4 Å². The van der Waals surface area contributed by atoms with Gasteiger partial charge in [0.1, 0.15) is 0 Å². The van der Waals surface area contributed by atoms with Gasteiger partial charge in [0.25, 0.3) is 0 Å². The number of anilines is 1. The Morgan fingerprint density at radius 3 is 2.75 bits per heavy atom. The summed E-state index contributed by atoms with van der Waals surface area (Å²) in [5.41, 5.74) is 2.34. The Labute approximate surface area is 125 Å². The number of hydrogen-bond acceptors (Lipinski definition) is 3. The van der Waals surface area contributed by atoms with Gasteiger partial charge >= 0.3 is 0 Å². The van der Waals surface area contributed by atoms with Gasteiger partial charge in [0.2, 0.25) is 5.95 Å². The number of aromatic nitrogens is 2. The number of imidazole rings is 1. The molecule has 0 saturated carbocycles. The van der Waals surface area contributed by atoms with Gasteiger partial charge in [-0.25, -0.2) is 4.98 Å². The molecule has 0 aliphatic heterocycles. The lowest BCUT2D eigenvalue weighted by Gasteiger charge is -2.16. The molecule has 1 N–H and O–H groups in total. The first kappa shape index (κ1) is 14.9. The molecule has 1 aromatic heterocycles. The smallest absolute Gasteiger partial charge is 0.204 e. The van der Waals surface area contributed by atoms with Crippen LogP contribution in [0.2, 0.25) is 5.02 Å². The Hall–Kier alpha value is -1.52. The van der Waals surface area contributed by atoms with Crippen molar-refractivity contribution in [1.82, 2.24) is 14.9 Å². The van der Waals surface area contributed by atoms with Crippen molar-refractivity contribution in [1.29, 1.82) is 0 Å². The Bertz CT molecular complexity index is 577. The largest absolute Gasteiger partial charge is 0.348 e. The van der Waals surface area contributed by atoms with Crippen LogP contribution < -0.4 is 10.2 Å². The van der Waals surface area contributed by atoms with Crippen LogP contribution in [0.25, 0.3) is 0 Å². The second kappa shape index (κ2) is 6.29. The molecule has 0 aliphatic rings. The highest BCUT2D eigenvalue weighted by atomic mass is 35.5. The number of nitrogens with one attached hydrogen (secondary N) is 1. The summed E-state index contributed by atoms with van der Waals surface area (Å²) in [4.78, 5) is 6.41. The number of rotatable bonds is 5. The maximum Gasteiger partial charge on any atom is 0.204 e. The SMILES string of the molecule is C[C@H](NCc1cnc(N(C)C)n1C)c1cccc(Cl)c1. The first-order valence-corrected chi connectivity index (χ1v) is 7.03. The molecule has 0 saturated heterocycles. The third-order valence-corrected chi connectivity index (χ3v) is 3.63. The number of halogens is 1. The van der Waals surface area contributed by atoms with Gasteiger partial charge in [-0.05, 0) is 24.6 Å². The lowest BCUT2D eigenvalue weighted by molar-refractivity contribution is 0.558. The van der Waals surface area contributed by atoms with Gasteiger partial charge in [-0.1, -0.05) is 23.7 Å². The van der Waals surface area contributed by atoms with E-state index in [1.54, 1.807) is 0 Å². The third-order valence-electron chi connectivity index (χ3n) is 3.40. The van der Waals surface area contributed by atoms with Crippen LogP contribution >= 0.6 is 11.6 Å². The molecular weight excluding hydrogens is 272 g/mol. The predicted molar refractivity (Wildman–Crippen MR) is 84.2 cm³/mol. The summed E-state index contributed by atoms with van der Waals surface area (Å²) in [7, 11) is 6.02. The molecular formula is C15H21ClN4. The van der Waals surface area contributed by atoms with Crippen molar-refractivity contribution >= 4 is 17.5 Å². The highest BCUT2D eigenvalue weighted by Crippen LogP contribution is 2.18. The Morgan fingerprint density at radius 1 is 1.40 bits per heavy atom. The van der Waals surface area contributed by atoms with E-state index in [4.69, 9.17) is 11.6 Å². The molecule has 1 atom stereocenters. The van der Waals surface area contributed by atoms with E-state index in [-0.39, 0.29) is 6.04 Å². The molecule has 2 rings (SSSR count). The molecule has 5 heteroatoms. The molecule has 4 nitrogen and oxygen atoms in total. The van der Waals surface area contributed by atoms with Gasteiger partial charge < -0.3 is 14.8 Å². The first-order valence-electron chi connectivity index (χ1n) is 6.66. The van der Waals surface area contributed by atoms with E-state index < -0.39 is 0 Å². The summed E-state index contributed by atoms with van der Waals surface area (Å²) in [5, 5.41) is 4.27. The van der Waals surface area contributed by atoms with Crippen LogP contribution in [0.3, 0.4) is 0 Å². The van der Waals surface area contributed by atoms with Crippen LogP contribution in [-0.4, -0.2) is 23.6 Å². The van der Waals surface area contributed by atoms with Crippen molar-refractivity contribution < 1.29 is 0 Å². The zero-order chi connectivity index (χ0) is 14.7. The second-order valence-electron chi connectivity index (χ2n) is 5.16. The molecule has 0 spiro atoms. The monoisotopic (exact) mass is 292 g/mol. The van der Waals surface area contributed by atoms with Crippen molar-refractivity contribution in [3.05, 3.63) is 46.7 Å². The second-order valence-corrected chi connectivity index (χ2v) is 5.60. The molecule has 0 radical (unpaired) electrons. The maximum atomic E-state index is 6.02. The van der Waals surface area contributed by atoms with Crippen molar-refractivity contribution in [3.8, 4) is 0 Å². The zero-order valence-corrected chi connectivity index (χ0v) is 13.1. The third kappa shape index (κ3) is 3.32. The minimum absolute atomic E-state index is 0.242. The van der Waals surface area contributed by atoms with Crippen LogP contribution in [-0.2, 0) is 13.6 Å². The van der Waals surface area contributed by atoms with Gasteiger partial charge in [-0.2, -0.15) is 0 Å². The van der Waals surface area contributed by atoms with Crippen molar-refractivity contribution in [3.63, 3.8) is 0 Å². The molecule has 0 aliphatic carbocycles. The predicted octanol–water partition coefficient (Wildman–Crippen LogP) is 2.99. The standard InChI is InChI=1S/C15H21ClN4/c1-11(12-6-5-7-13(16)8-12)17-9-14-10-18-15(19(2)3)20(14)4/h5-8,10-11,17H,9H2,1-4H3/t11-/m0/s1. The lowest BCUT2D eigenvalue weighted by Crippen LogP contribution is -2.20. The maximum absolute atomic E-state index is 6.02. The van der Waals surface area contributed by atoms with Crippen LogP contribution in [0.1, 0.15) is 24.2 Å². The van der Waals surface area contributed by atoms with E-state index in [2.05, 4.69) is 27.9 Å². The molecule has 0 amide bonds. The van der Waals surface area contributed by atoms with Crippen LogP contribution in [0, 0.1) is 0 Å². The highest BCUT2D eigenvalue weighted by molar-refractivity contribution is 6.30. The molecule has 0 fully saturated rings. The molecule has 20 heavy (non-hydrogen) atoms. The van der Waals surface area contributed by atoms with E-state index in [9.17, 15) is 0 Å². The quantitative estimate of drug-likeness (QED) is 0.920. The molecule has 1 heterocycles. The van der Waals surface area contributed by atoms with Crippen molar-refractivity contribution in [2.75, 3.05) is 19.0 Å². The summed E-state index contributed by atoms with van der Waals surface area (Å²) in [6.07, 6.45) is 1.91. The van der Waals surface area contributed by atoms with E-state index in [1.165, 1.54) is 5.56 Å². The topological polar surface area (TPSA) is 33.1 Å². The Kier molecular flexibility index (Phi) is 4.68. The van der Waals surface area contributed by atoms with Crippen LogP contribution in [0.4, 0.5) is 5.95 Å². The Balaban J connectivity index is 2.02. The Morgan fingerprint density at radius 2 is 2.15 bits per heavy atom. The number of benzene rings is 1. The van der Waals surface area contributed by atoms with E-state index >= 15 is 0 Å². The fraction of sp³-hybridized carbons (Fsp3) is 0.400. The minimum atomic E-state index is 0.242. The fourth-order valence-corrected chi connectivity index (χ4v) is 2.36. The van der Waals surface area contributed by atoms with E-state index in [0.29, 0.717) is 0 Å². The van der Waals surface area contributed by atoms with Gasteiger partial charge in [0, 0.05) is 38.8 Å². The van der Waals surface area contributed by atoms with E-state index in [0.717, 1.165) is 23.2 Å². The summed E-state index contributed by atoms with van der Waals surface area (Å²) >= 11 is 6.02. The molecule has 2 aromatic rings. The normalized spacial score (nSPS) is 12.4. The summed E-state index contributed by atoms with van der Waals surface area (Å²) in [6.45, 7) is 2.90. The highest BCUT2D eigenvalue weighted by Gasteiger charge is 2.10. The zero-order valence-electron chi connectivity index (χ0n) is 12.4. The van der Waals surface area contributed by atoms with Crippen LogP contribution in [0.5, 0.6) is 0 Å². The lowest BCUT2D eigenvalue weighted by atomic mass is 10.1. The van der Waals surface area contributed by atoms with Gasteiger partial charge in [-0.15, -0.1) is 0 Å². The van der Waals surface area contributed by atoms with Crippen LogP contribution in [0.15, 0.2) is 30.5 Å². The molecule has 0 unspecified atom stereocenters. The number of nitrogens with zero attached hydrogens (tertiary/aromatic N) is 3. The first-order chi connectivity index (χ1) is 9.49. The van der Waals surface area contributed by atoms with Gasteiger partial charge in [0.15, 0.2) is 0 Å². The average Bonchev–Trinajstić information content (AvgIpc) is 2.77. The minimum Gasteiger partial charge on any atom is -0.348 e. The number of hydrogen-bond donors (Lipinski definition) is 1. The van der Waals surface area contributed by atoms with Gasteiger partial charge in [0.05, 0.1) is 11.9 Å². The van der Waals surface area contributed by atoms with Crippen molar-refractivity contribution in [2.45, 2.75) is 19.5 Å². The average molecular weight is 293 g/mol. The van der Waals surface area contributed by atoms with Crippen molar-refractivity contribution in [2.24, 2.45) is 7.05 Å². The molecule has 1 aromatic carbocycles. The van der Waals surface area contributed by atoms with Gasteiger partial charge in [-0.3, -0.25) is 0 Å². The summed E-state index contributed by atoms with van der Waals surface area (Å²) in [5.74, 6) is 0.956. The summed E-state index contributed by atoms with van der Waals surface area (Å²) < 4.78 is 2.09. The molecule has 0 bridgehead atoms. The molecule has 108 valence electrons. The fourth-order valence-electron chi connectivity index (χ4n) is 2.17. The summed E-state index contributed by atoms with van der Waals surface area (Å²) in [6, 6.07) is 8.18.